The second-order valence-electron chi connectivity index (χ2n) is 6.09. The van der Waals surface area contributed by atoms with Crippen LogP contribution in [0.1, 0.15) is 0 Å². The largest absolute Gasteiger partial charge is 0.493 e. The van der Waals surface area contributed by atoms with E-state index in [1.807, 2.05) is 71.3 Å². The highest BCUT2D eigenvalue weighted by molar-refractivity contribution is 5.95. The SMILES string of the molecule is COc1ccccc1OCC(=O)Nc1c(-c2ccccc2)nc2ccccn12. The van der Waals surface area contributed by atoms with E-state index in [1.165, 1.54) is 0 Å². The lowest BCUT2D eigenvalue weighted by atomic mass is 10.1. The van der Waals surface area contributed by atoms with Gasteiger partial charge in [0.05, 0.1) is 7.11 Å². The molecule has 140 valence electrons. The predicted octanol–water partition coefficient (Wildman–Crippen LogP) is 4.03. The summed E-state index contributed by atoms with van der Waals surface area (Å²) in [5.41, 5.74) is 2.38. The molecule has 4 aromatic rings. The number of imidazole rings is 1. The molecule has 0 atom stereocenters. The third-order valence-electron chi connectivity index (χ3n) is 4.26. The standard InChI is InChI=1S/C22H19N3O3/c1-27-17-11-5-6-12-18(17)28-15-20(26)24-22-21(16-9-3-2-4-10-16)23-19-13-7-8-14-25(19)22/h2-14H,15H2,1H3,(H,24,26). The summed E-state index contributed by atoms with van der Waals surface area (Å²) >= 11 is 0. The van der Waals surface area contributed by atoms with Gasteiger partial charge in [-0.3, -0.25) is 9.20 Å². The summed E-state index contributed by atoms with van der Waals surface area (Å²) in [4.78, 5) is 17.3. The number of pyridine rings is 1. The van der Waals surface area contributed by atoms with Gasteiger partial charge in [-0.2, -0.15) is 0 Å². The first-order valence-corrected chi connectivity index (χ1v) is 8.84. The summed E-state index contributed by atoms with van der Waals surface area (Å²) in [5.74, 6) is 1.42. The monoisotopic (exact) mass is 373 g/mol. The zero-order valence-electron chi connectivity index (χ0n) is 15.3. The Kier molecular flexibility index (Phi) is 4.93. The van der Waals surface area contributed by atoms with Crippen LogP contribution in [0.2, 0.25) is 0 Å². The number of nitrogens with zero attached hydrogens (tertiary/aromatic N) is 2. The van der Waals surface area contributed by atoms with Gasteiger partial charge in [-0.1, -0.05) is 48.5 Å². The topological polar surface area (TPSA) is 64.9 Å². The molecule has 0 fully saturated rings. The molecule has 0 saturated heterocycles. The summed E-state index contributed by atoms with van der Waals surface area (Å²) in [6, 6.07) is 22.7. The lowest BCUT2D eigenvalue weighted by Gasteiger charge is -2.11. The minimum atomic E-state index is -0.284. The first-order valence-electron chi connectivity index (χ1n) is 8.84. The highest BCUT2D eigenvalue weighted by Crippen LogP contribution is 2.29. The van der Waals surface area contributed by atoms with Crippen LogP contribution in [0.15, 0.2) is 79.0 Å². The van der Waals surface area contributed by atoms with Crippen LogP contribution >= 0.6 is 0 Å². The van der Waals surface area contributed by atoms with E-state index in [0.717, 1.165) is 11.2 Å². The molecule has 0 aliphatic carbocycles. The normalized spacial score (nSPS) is 10.6. The van der Waals surface area contributed by atoms with E-state index in [2.05, 4.69) is 10.3 Å². The number of carbonyl (C=O) groups is 1. The Hall–Kier alpha value is -3.80. The van der Waals surface area contributed by atoms with Crippen LogP contribution in [0.25, 0.3) is 16.9 Å². The first kappa shape index (κ1) is 17.6. The van der Waals surface area contributed by atoms with Crippen molar-refractivity contribution in [2.24, 2.45) is 0 Å². The quantitative estimate of drug-likeness (QED) is 0.554. The highest BCUT2D eigenvalue weighted by atomic mass is 16.5. The van der Waals surface area contributed by atoms with Gasteiger partial charge in [0.25, 0.3) is 5.91 Å². The van der Waals surface area contributed by atoms with E-state index in [-0.39, 0.29) is 12.5 Å². The number of hydrogen-bond donors (Lipinski definition) is 1. The summed E-state index contributed by atoms with van der Waals surface area (Å²) in [5, 5.41) is 2.94. The molecule has 0 aliphatic rings. The number of aromatic nitrogens is 2. The van der Waals surface area contributed by atoms with Gasteiger partial charge in [-0.05, 0) is 24.3 Å². The lowest BCUT2D eigenvalue weighted by molar-refractivity contribution is -0.118. The van der Waals surface area contributed by atoms with Crippen molar-refractivity contribution in [2.75, 3.05) is 19.0 Å². The molecule has 0 spiro atoms. The van der Waals surface area contributed by atoms with Gasteiger partial charge in [-0.25, -0.2) is 4.98 Å². The Labute approximate surface area is 162 Å². The van der Waals surface area contributed by atoms with E-state index in [1.54, 1.807) is 19.2 Å². The highest BCUT2D eigenvalue weighted by Gasteiger charge is 2.16. The van der Waals surface area contributed by atoms with Crippen molar-refractivity contribution in [3.63, 3.8) is 0 Å². The van der Waals surface area contributed by atoms with Crippen LogP contribution in [0.5, 0.6) is 11.5 Å². The number of fused-ring (bicyclic) bond motifs is 1. The molecule has 2 aromatic carbocycles. The molecule has 1 amide bonds. The number of para-hydroxylation sites is 2. The van der Waals surface area contributed by atoms with Crippen LogP contribution in [-0.4, -0.2) is 29.0 Å². The maximum absolute atomic E-state index is 12.6. The Morgan fingerprint density at radius 1 is 0.964 bits per heavy atom. The Bertz CT molecular complexity index is 1110. The predicted molar refractivity (Wildman–Crippen MR) is 108 cm³/mol. The molecule has 2 aromatic heterocycles. The van der Waals surface area contributed by atoms with Crippen molar-refractivity contribution >= 4 is 17.4 Å². The van der Waals surface area contributed by atoms with Gasteiger partial charge in [0.2, 0.25) is 0 Å². The van der Waals surface area contributed by atoms with Crippen LogP contribution in [0.4, 0.5) is 5.82 Å². The number of benzene rings is 2. The van der Waals surface area contributed by atoms with Crippen LogP contribution < -0.4 is 14.8 Å². The fourth-order valence-electron chi connectivity index (χ4n) is 2.96. The van der Waals surface area contributed by atoms with Crippen molar-refractivity contribution in [3.05, 3.63) is 79.0 Å². The molecule has 0 radical (unpaired) electrons. The van der Waals surface area contributed by atoms with Crippen molar-refractivity contribution in [2.45, 2.75) is 0 Å². The van der Waals surface area contributed by atoms with Gasteiger partial charge >= 0.3 is 0 Å². The Balaban J connectivity index is 1.59. The van der Waals surface area contributed by atoms with E-state index in [4.69, 9.17) is 9.47 Å². The number of anilines is 1. The fourth-order valence-corrected chi connectivity index (χ4v) is 2.96. The molecule has 0 aliphatic heterocycles. The zero-order chi connectivity index (χ0) is 19.3. The van der Waals surface area contributed by atoms with Crippen molar-refractivity contribution < 1.29 is 14.3 Å². The second-order valence-corrected chi connectivity index (χ2v) is 6.09. The summed E-state index contributed by atoms with van der Waals surface area (Å²) < 4.78 is 12.7. The molecular weight excluding hydrogens is 354 g/mol. The van der Waals surface area contributed by atoms with E-state index in [0.29, 0.717) is 23.0 Å². The van der Waals surface area contributed by atoms with E-state index in [9.17, 15) is 4.79 Å². The minimum absolute atomic E-state index is 0.144. The minimum Gasteiger partial charge on any atom is -0.493 e. The van der Waals surface area contributed by atoms with Gasteiger partial charge in [0.15, 0.2) is 18.1 Å². The molecule has 0 unspecified atom stereocenters. The smallest absolute Gasteiger partial charge is 0.263 e. The molecule has 0 bridgehead atoms. The maximum Gasteiger partial charge on any atom is 0.263 e. The van der Waals surface area contributed by atoms with Crippen LogP contribution in [-0.2, 0) is 4.79 Å². The molecule has 2 heterocycles. The summed E-state index contributed by atoms with van der Waals surface area (Å²) in [7, 11) is 1.56. The number of amides is 1. The van der Waals surface area contributed by atoms with Crippen molar-refractivity contribution in [1.29, 1.82) is 0 Å². The Morgan fingerprint density at radius 3 is 2.46 bits per heavy atom. The molecule has 6 nitrogen and oxygen atoms in total. The first-order chi connectivity index (χ1) is 13.8. The van der Waals surface area contributed by atoms with Crippen molar-refractivity contribution in [1.82, 2.24) is 9.38 Å². The fraction of sp³-hybridized carbons (Fsp3) is 0.0909. The van der Waals surface area contributed by atoms with Crippen LogP contribution in [0.3, 0.4) is 0 Å². The lowest BCUT2D eigenvalue weighted by Crippen LogP contribution is -2.21. The number of methoxy groups -OCH3 is 1. The number of ether oxygens (including phenoxy) is 2. The zero-order valence-corrected chi connectivity index (χ0v) is 15.3. The number of carbonyl (C=O) groups excluding carboxylic acids is 1. The van der Waals surface area contributed by atoms with E-state index >= 15 is 0 Å². The molecular formula is C22H19N3O3. The summed E-state index contributed by atoms with van der Waals surface area (Å²) in [6.45, 7) is -0.144. The van der Waals surface area contributed by atoms with Crippen molar-refractivity contribution in [3.8, 4) is 22.8 Å². The molecule has 28 heavy (non-hydrogen) atoms. The van der Waals surface area contributed by atoms with Gasteiger partial charge in [-0.15, -0.1) is 0 Å². The molecule has 0 saturated carbocycles. The third-order valence-corrected chi connectivity index (χ3v) is 4.26. The number of hydrogen-bond acceptors (Lipinski definition) is 4. The van der Waals surface area contributed by atoms with Gasteiger partial charge < -0.3 is 14.8 Å². The number of nitrogens with one attached hydrogen (secondary N) is 1. The average Bonchev–Trinajstić information content (AvgIpc) is 3.11. The third kappa shape index (κ3) is 3.53. The summed E-state index contributed by atoms with van der Waals surface area (Å²) in [6.07, 6.45) is 1.87. The average molecular weight is 373 g/mol. The van der Waals surface area contributed by atoms with Crippen LogP contribution in [0, 0.1) is 0 Å². The van der Waals surface area contributed by atoms with E-state index < -0.39 is 0 Å². The molecule has 6 heteroatoms. The Morgan fingerprint density at radius 2 is 1.68 bits per heavy atom. The maximum atomic E-state index is 12.6. The molecule has 1 N–H and O–H groups in total. The van der Waals surface area contributed by atoms with Gasteiger partial charge in [0, 0.05) is 11.8 Å². The second kappa shape index (κ2) is 7.84. The van der Waals surface area contributed by atoms with Gasteiger partial charge in [0.1, 0.15) is 17.2 Å². The number of rotatable bonds is 6. The molecule has 4 rings (SSSR count).